The van der Waals surface area contributed by atoms with Crippen molar-refractivity contribution >= 4 is 45.6 Å². The van der Waals surface area contributed by atoms with E-state index in [-0.39, 0.29) is 23.6 Å². The SMILES string of the molecule is CC[C@@H](C)C(=O)N[C@H](C(=O)N1CCC[C@H]1C(=O)Nc1snnc1-c1ccccc1)c1ccsc1. The van der Waals surface area contributed by atoms with E-state index in [2.05, 4.69) is 20.2 Å². The second kappa shape index (κ2) is 10.9. The first-order valence-corrected chi connectivity index (χ1v) is 13.0. The lowest BCUT2D eigenvalue weighted by Gasteiger charge is -2.29. The molecule has 3 atom stereocenters. The molecule has 1 aromatic carbocycles. The molecule has 0 radical (unpaired) electrons. The third kappa shape index (κ3) is 5.18. The van der Waals surface area contributed by atoms with E-state index in [4.69, 9.17) is 0 Å². The fraction of sp³-hybridized carbons (Fsp3) is 0.375. The highest BCUT2D eigenvalue weighted by molar-refractivity contribution is 7.10. The summed E-state index contributed by atoms with van der Waals surface area (Å²) in [6, 6.07) is 9.92. The van der Waals surface area contributed by atoms with Gasteiger partial charge in [-0.15, -0.1) is 5.10 Å². The van der Waals surface area contributed by atoms with Crippen molar-refractivity contribution in [2.75, 3.05) is 11.9 Å². The Balaban J connectivity index is 1.52. The Labute approximate surface area is 206 Å². The number of likely N-dealkylation sites (tertiary alicyclic amines) is 1. The van der Waals surface area contributed by atoms with Gasteiger partial charge in [-0.05, 0) is 41.7 Å². The Morgan fingerprint density at radius 3 is 2.71 bits per heavy atom. The number of aromatic nitrogens is 2. The van der Waals surface area contributed by atoms with Crippen LogP contribution in [0.2, 0.25) is 0 Å². The Hall–Kier alpha value is -3.11. The predicted molar refractivity (Wildman–Crippen MR) is 133 cm³/mol. The minimum atomic E-state index is -0.814. The Kier molecular flexibility index (Phi) is 7.69. The third-order valence-electron chi connectivity index (χ3n) is 6.08. The summed E-state index contributed by atoms with van der Waals surface area (Å²) in [5.41, 5.74) is 2.19. The minimum absolute atomic E-state index is 0.171. The van der Waals surface area contributed by atoms with Gasteiger partial charge in [0.1, 0.15) is 22.8 Å². The first-order valence-electron chi connectivity index (χ1n) is 11.3. The second-order valence-corrected chi connectivity index (χ2v) is 9.84. The molecule has 2 N–H and O–H groups in total. The van der Waals surface area contributed by atoms with E-state index < -0.39 is 12.1 Å². The highest BCUT2D eigenvalue weighted by Gasteiger charge is 2.39. The summed E-state index contributed by atoms with van der Waals surface area (Å²) >= 11 is 2.57. The van der Waals surface area contributed by atoms with Crippen molar-refractivity contribution in [1.82, 2.24) is 19.8 Å². The first kappa shape index (κ1) is 24.0. The largest absolute Gasteiger partial charge is 0.340 e. The molecule has 4 rings (SSSR count). The molecule has 0 unspecified atom stereocenters. The Bertz CT molecular complexity index is 1130. The number of nitrogens with one attached hydrogen (secondary N) is 2. The molecule has 0 spiro atoms. The van der Waals surface area contributed by atoms with Crippen LogP contribution in [0.25, 0.3) is 11.3 Å². The maximum absolute atomic E-state index is 13.6. The van der Waals surface area contributed by atoms with E-state index in [1.54, 1.807) is 4.90 Å². The zero-order chi connectivity index (χ0) is 24.1. The number of hydrogen-bond acceptors (Lipinski definition) is 7. The molecule has 0 bridgehead atoms. The number of hydrogen-bond donors (Lipinski definition) is 2. The summed E-state index contributed by atoms with van der Waals surface area (Å²) in [4.78, 5) is 41.1. The smallest absolute Gasteiger partial charge is 0.250 e. The van der Waals surface area contributed by atoms with Crippen molar-refractivity contribution in [3.63, 3.8) is 0 Å². The van der Waals surface area contributed by atoms with Gasteiger partial charge >= 0.3 is 0 Å². The monoisotopic (exact) mass is 497 g/mol. The number of carbonyl (C=O) groups is 3. The number of thiophene rings is 1. The van der Waals surface area contributed by atoms with Crippen LogP contribution in [0.1, 0.15) is 44.7 Å². The molecule has 1 aliphatic heterocycles. The predicted octanol–water partition coefficient (Wildman–Crippen LogP) is 4.10. The summed E-state index contributed by atoms with van der Waals surface area (Å²) in [6.45, 7) is 4.23. The molecule has 1 aliphatic rings. The molecule has 1 fully saturated rings. The standard InChI is InChI=1S/C24H27N5O3S2/c1-3-15(2)21(30)25-20(17-11-13-33-14-17)24(32)29-12-7-10-18(29)22(31)26-23-19(27-28-34-23)16-8-5-4-6-9-16/h4-6,8-9,11,13-15,18,20H,3,7,10,12H2,1-2H3,(H,25,30)(H,26,31)/t15-,18+,20+/m1/s1. The van der Waals surface area contributed by atoms with E-state index in [1.165, 1.54) is 11.3 Å². The fourth-order valence-electron chi connectivity index (χ4n) is 3.92. The van der Waals surface area contributed by atoms with Crippen LogP contribution in [-0.2, 0) is 14.4 Å². The van der Waals surface area contributed by atoms with Crippen LogP contribution in [0, 0.1) is 5.92 Å². The molecule has 0 saturated carbocycles. The first-order chi connectivity index (χ1) is 16.5. The lowest BCUT2D eigenvalue weighted by Crippen LogP contribution is -2.49. The van der Waals surface area contributed by atoms with E-state index in [1.807, 2.05) is 61.0 Å². The van der Waals surface area contributed by atoms with Gasteiger partial charge in [-0.3, -0.25) is 14.4 Å². The quantitative estimate of drug-likeness (QED) is 0.488. The summed E-state index contributed by atoms with van der Waals surface area (Å²) < 4.78 is 4.00. The van der Waals surface area contributed by atoms with Crippen molar-refractivity contribution in [1.29, 1.82) is 0 Å². The van der Waals surface area contributed by atoms with Crippen LogP contribution in [0.4, 0.5) is 5.00 Å². The highest BCUT2D eigenvalue weighted by atomic mass is 32.1. The van der Waals surface area contributed by atoms with Crippen molar-refractivity contribution in [2.45, 2.75) is 45.2 Å². The van der Waals surface area contributed by atoms with Crippen LogP contribution >= 0.6 is 22.9 Å². The van der Waals surface area contributed by atoms with E-state index in [9.17, 15) is 14.4 Å². The number of amides is 3. The molecule has 10 heteroatoms. The average Bonchev–Trinajstić information content (AvgIpc) is 3.63. The van der Waals surface area contributed by atoms with Crippen LogP contribution in [0.15, 0.2) is 47.2 Å². The van der Waals surface area contributed by atoms with E-state index >= 15 is 0 Å². The van der Waals surface area contributed by atoms with Crippen molar-refractivity contribution in [3.8, 4) is 11.3 Å². The topological polar surface area (TPSA) is 104 Å². The lowest BCUT2D eigenvalue weighted by atomic mass is 10.0. The molecular formula is C24H27N5O3S2. The molecule has 34 heavy (non-hydrogen) atoms. The number of rotatable bonds is 8. The summed E-state index contributed by atoms with van der Waals surface area (Å²) in [5, 5.41) is 14.3. The number of nitrogens with zero attached hydrogens (tertiary/aromatic N) is 3. The van der Waals surface area contributed by atoms with E-state index in [0.29, 0.717) is 36.5 Å². The van der Waals surface area contributed by atoms with Gasteiger partial charge in [0.25, 0.3) is 5.91 Å². The summed E-state index contributed by atoms with van der Waals surface area (Å²) in [6.07, 6.45) is 1.95. The average molecular weight is 498 g/mol. The summed E-state index contributed by atoms with van der Waals surface area (Å²) in [5.74, 6) is -0.915. The molecule has 0 aliphatic carbocycles. The fourth-order valence-corrected chi connectivity index (χ4v) is 5.20. The molecule has 3 amide bonds. The Morgan fingerprint density at radius 1 is 1.21 bits per heavy atom. The van der Waals surface area contributed by atoms with Gasteiger partial charge in [0.15, 0.2) is 0 Å². The van der Waals surface area contributed by atoms with Gasteiger partial charge in [-0.1, -0.05) is 48.7 Å². The normalized spacial score (nSPS) is 17.2. The van der Waals surface area contributed by atoms with Gasteiger partial charge in [0.2, 0.25) is 11.8 Å². The van der Waals surface area contributed by atoms with Crippen LogP contribution in [-0.4, -0.2) is 44.8 Å². The zero-order valence-electron chi connectivity index (χ0n) is 19.1. The molecular weight excluding hydrogens is 470 g/mol. The van der Waals surface area contributed by atoms with E-state index in [0.717, 1.165) is 22.7 Å². The molecule has 3 aromatic rings. The molecule has 1 saturated heterocycles. The van der Waals surface area contributed by atoms with Gasteiger partial charge in [0, 0.05) is 29.6 Å². The molecule has 3 heterocycles. The minimum Gasteiger partial charge on any atom is -0.340 e. The van der Waals surface area contributed by atoms with Gasteiger partial charge < -0.3 is 15.5 Å². The molecule has 8 nitrogen and oxygen atoms in total. The lowest BCUT2D eigenvalue weighted by molar-refractivity contribution is -0.140. The maximum Gasteiger partial charge on any atom is 0.250 e. The zero-order valence-corrected chi connectivity index (χ0v) is 20.7. The summed E-state index contributed by atoms with van der Waals surface area (Å²) in [7, 11) is 0. The number of anilines is 1. The molecule has 2 aromatic heterocycles. The van der Waals surface area contributed by atoms with Crippen molar-refractivity contribution in [3.05, 3.63) is 52.7 Å². The Morgan fingerprint density at radius 2 is 2.00 bits per heavy atom. The van der Waals surface area contributed by atoms with Gasteiger partial charge in [-0.25, -0.2) is 0 Å². The second-order valence-electron chi connectivity index (χ2n) is 8.30. The maximum atomic E-state index is 13.6. The number of benzene rings is 1. The third-order valence-corrected chi connectivity index (χ3v) is 7.42. The van der Waals surface area contributed by atoms with Crippen LogP contribution in [0.5, 0.6) is 0 Å². The van der Waals surface area contributed by atoms with Crippen LogP contribution in [0.3, 0.4) is 0 Å². The molecule has 178 valence electrons. The van der Waals surface area contributed by atoms with Crippen LogP contribution < -0.4 is 10.6 Å². The van der Waals surface area contributed by atoms with Crippen molar-refractivity contribution < 1.29 is 14.4 Å². The van der Waals surface area contributed by atoms with Crippen molar-refractivity contribution in [2.24, 2.45) is 5.92 Å². The van der Waals surface area contributed by atoms with Gasteiger partial charge in [0.05, 0.1) is 0 Å². The highest BCUT2D eigenvalue weighted by Crippen LogP contribution is 2.31. The van der Waals surface area contributed by atoms with Gasteiger partial charge in [-0.2, -0.15) is 11.3 Å². The number of carbonyl (C=O) groups excluding carboxylic acids is 3.